The van der Waals surface area contributed by atoms with E-state index in [0.29, 0.717) is 12.8 Å². The summed E-state index contributed by atoms with van der Waals surface area (Å²) in [6.07, 6.45) is 1.95. The number of hydrogen-bond donors (Lipinski definition) is 2. The second-order valence-electron chi connectivity index (χ2n) is 3.02. The number of carboxylic acids is 1. The van der Waals surface area contributed by atoms with E-state index in [1.54, 1.807) is 0 Å². The zero-order valence-corrected chi connectivity index (χ0v) is 6.45. The Kier molecular flexibility index (Phi) is 1.56. The summed E-state index contributed by atoms with van der Waals surface area (Å²) in [6, 6.07) is 0. The fourth-order valence-corrected chi connectivity index (χ4v) is 1.50. The number of aliphatic carboxylic acids is 1. The van der Waals surface area contributed by atoms with Crippen molar-refractivity contribution in [3.63, 3.8) is 0 Å². The van der Waals surface area contributed by atoms with Crippen molar-refractivity contribution in [1.29, 1.82) is 0 Å². The quantitative estimate of drug-likeness (QED) is 0.616. The number of fused-ring (bicyclic) bond motifs is 1. The van der Waals surface area contributed by atoms with Crippen LogP contribution in [0.5, 0.6) is 0 Å². The molecule has 0 amide bonds. The first-order valence-electron chi connectivity index (χ1n) is 3.89. The van der Waals surface area contributed by atoms with Crippen molar-refractivity contribution in [2.45, 2.75) is 19.3 Å². The molecule has 0 radical (unpaired) electrons. The molecular formula is C7H9N3O2. The SMILES string of the molecule is O=C(O)C1CCc2[nH]nnc2C1. The number of H-pyrrole nitrogens is 1. The van der Waals surface area contributed by atoms with Crippen LogP contribution in [-0.4, -0.2) is 26.5 Å². The Morgan fingerprint density at radius 3 is 3.25 bits per heavy atom. The molecule has 2 rings (SSSR count). The number of nitrogens with zero attached hydrogens (tertiary/aromatic N) is 2. The number of aromatic nitrogens is 3. The van der Waals surface area contributed by atoms with Crippen LogP contribution in [0.15, 0.2) is 0 Å². The van der Waals surface area contributed by atoms with Crippen LogP contribution in [0.4, 0.5) is 0 Å². The first kappa shape index (κ1) is 7.27. The highest BCUT2D eigenvalue weighted by atomic mass is 16.4. The fraction of sp³-hybridized carbons (Fsp3) is 0.571. The number of aromatic amines is 1. The van der Waals surface area contributed by atoms with Crippen molar-refractivity contribution in [2.24, 2.45) is 5.92 Å². The van der Waals surface area contributed by atoms with E-state index in [0.717, 1.165) is 17.8 Å². The van der Waals surface area contributed by atoms with Crippen LogP contribution < -0.4 is 0 Å². The van der Waals surface area contributed by atoms with E-state index < -0.39 is 5.97 Å². The summed E-state index contributed by atoms with van der Waals surface area (Å²) in [7, 11) is 0. The third kappa shape index (κ3) is 1.07. The van der Waals surface area contributed by atoms with Crippen LogP contribution in [0.25, 0.3) is 0 Å². The monoisotopic (exact) mass is 167 g/mol. The summed E-state index contributed by atoms with van der Waals surface area (Å²) >= 11 is 0. The Morgan fingerprint density at radius 1 is 1.67 bits per heavy atom. The van der Waals surface area contributed by atoms with E-state index in [-0.39, 0.29) is 5.92 Å². The number of hydrogen-bond acceptors (Lipinski definition) is 3. The number of carboxylic acid groups (broad SMARTS) is 1. The second-order valence-corrected chi connectivity index (χ2v) is 3.02. The van der Waals surface area contributed by atoms with Crippen LogP contribution >= 0.6 is 0 Å². The van der Waals surface area contributed by atoms with E-state index >= 15 is 0 Å². The molecule has 12 heavy (non-hydrogen) atoms. The topological polar surface area (TPSA) is 78.9 Å². The normalized spacial score (nSPS) is 21.8. The van der Waals surface area contributed by atoms with Crippen molar-refractivity contribution >= 4 is 5.97 Å². The van der Waals surface area contributed by atoms with Gasteiger partial charge in [-0.2, -0.15) is 0 Å². The first-order chi connectivity index (χ1) is 5.77. The van der Waals surface area contributed by atoms with Gasteiger partial charge in [0.05, 0.1) is 17.3 Å². The highest BCUT2D eigenvalue weighted by Gasteiger charge is 2.26. The van der Waals surface area contributed by atoms with Crippen LogP contribution in [0.1, 0.15) is 17.8 Å². The molecule has 1 aliphatic carbocycles. The standard InChI is InChI=1S/C7H9N3O2/c11-7(12)4-1-2-5-6(3-4)9-10-8-5/h4H,1-3H2,(H,11,12)(H,8,9,10). The molecule has 0 bridgehead atoms. The number of aryl methyl sites for hydroxylation is 1. The Morgan fingerprint density at radius 2 is 2.50 bits per heavy atom. The molecular weight excluding hydrogens is 158 g/mol. The summed E-state index contributed by atoms with van der Waals surface area (Å²) in [5.41, 5.74) is 1.81. The zero-order valence-electron chi connectivity index (χ0n) is 6.45. The lowest BCUT2D eigenvalue weighted by Gasteiger charge is -2.15. The molecule has 0 saturated heterocycles. The predicted octanol–water partition coefficient (Wildman–Crippen LogP) is -0.00580. The van der Waals surface area contributed by atoms with E-state index in [2.05, 4.69) is 15.4 Å². The molecule has 5 nitrogen and oxygen atoms in total. The van der Waals surface area contributed by atoms with Gasteiger partial charge in [0.1, 0.15) is 0 Å². The molecule has 1 heterocycles. The van der Waals surface area contributed by atoms with Crippen LogP contribution in [0.2, 0.25) is 0 Å². The third-order valence-electron chi connectivity index (χ3n) is 2.24. The average molecular weight is 167 g/mol. The number of carbonyl (C=O) groups is 1. The molecule has 0 fully saturated rings. The lowest BCUT2D eigenvalue weighted by molar-refractivity contribution is -0.142. The van der Waals surface area contributed by atoms with Gasteiger partial charge in [-0.1, -0.05) is 5.21 Å². The molecule has 0 saturated carbocycles. The van der Waals surface area contributed by atoms with Gasteiger partial charge in [0.15, 0.2) is 0 Å². The Labute approximate surface area is 68.8 Å². The van der Waals surface area contributed by atoms with Crippen LogP contribution in [0, 0.1) is 5.92 Å². The van der Waals surface area contributed by atoms with Crippen molar-refractivity contribution in [2.75, 3.05) is 0 Å². The summed E-state index contributed by atoms with van der Waals surface area (Å²) in [4.78, 5) is 10.6. The number of nitrogens with one attached hydrogen (secondary N) is 1. The van der Waals surface area contributed by atoms with Gasteiger partial charge in [-0.05, 0) is 12.8 Å². The van der Waals surface area contributed by atoms with E-state index in [9.17, 15) is 4.79 Å². The lowest BCUT2D eigenvalue weighted by atomic mass is 9.90. The van der Waals surface area contributed by atoms with Crippen LogP contribution in [-0.2, 0) is 17.6 Å². The Bertz CT molecular complexity index is 307. The van der Waals surface area contributed by atoms with Gasteiger partial charge < -0.3 is 5.11 Å². The smallest absolute Gasteiger partial charge is 0.306 e. The largest absolute Gasteiger partial charge is 0.481 e. The van der Waals surface area contributed by atoms with Crippen molar-refractivity contribution in [3.8, 4) is 0 Å². The zero-order chi connectivity index (χ0) is 8.55. The molecule has 5 heteroatoms. The van der Waals surface area contributed by atoms with Gasteiger partial charge in [-0.15, -0.1) is 5.10 Å². The third-order valence-corrected chi connectivity index (χ3v) is 2.24. The van der Waals surface area contributed by atoms with E-state index in [1.165, 1.54) is 0 Å². The average Bonchev–Trinajstić information content (AvgIpc) is 2.49. The minimum absolute atomic E-state index is 0.275. The van der Waals surface area contributed by atoms with Crippen molar-refractivity contribution < 1.29 is 9.90 Å². The van der Waals surface area contributed by atoms with Gasteiger partial charge in [0.25, 0.3) is 0 Å². The molecule has 2 N–H and O–H groups in total. The Hall–Kier alpha value is -1.39. The summed E-state index contributed by atoms with van der Waals surface area (Å²) in [6.45, 7) is 0. The molecule has 1 aromatic rings. The summed E-state index contributed by atoms with van der Waals surface area (Å²) < 4.78 is 0. The molecule has 1 atom stereocenters. The lowest BCUT2D eigenvalue weighted by Crippen LogP contribution is -2.22. The maximum atomic E-state index is 10.6. The van der Waals surface area contributed by atoms with Gasteiger partial charge in [0, 0.05) is 6.42 Å². The predicted molar refractivity (Wildman–Crippen MR) is 39.5 cm³/mol. The summed E-state index contributed by atoms with van der Waals surface area (Å²) in [5.74, 6) is -1.01. The van der Waals surface area contributed by atoms with Crippen LogP contribution in [0.3, 0.4) is 0 Å². The van der Waals surface area contributed by atoms with Crippen molar-refractivity contribution in [3.05, 3.63) is 11.4 Å². The maximum Gasteiger partial charge on any atom is 0.306 e. The molecule has 64 valence electrons. The molecule has 0 aliphatic heterocycles. The molecule has 0 spiro atoms. The minimum atomic E-state index is -0.733. The molecule has 1 aliphatic rings. The second kappa shape index (κ2) is 2.58. The molecule has 0 aromatic carbocycles. The fourth-order valence-electron chi connectivity index (χ4n) is 1.50. The van der Waals surface area contributed by atoms with Gasteiger partial charge >= 0.3 is 5.97 Å². The minimum Gasteiger partial charge on any atom is -0.481 e. The van der Waals surface area contributed by atoms with E-state index in [4.69, 9.17) is 5.11 Å². The highest BCUT2D eigenvalue weighted by Crippen LogP contribution is 2.21. The van der Waals surface area contributed by atoms with Gasteiger partial charge in [-0.25, -0.2) is 0 Å². The summed E-state index contributed by atoms with van der Waals surface area (Å²) in [5, 5.41) is 19.0. The van der Waals surface area contributed by atoms with E-state index in [1.807, 2.05) is 0 Å². The molecule has 1 aromatic heterocycles. The molecule has 1 unspecified atom stereocenters. The number of rotatable bonds is 1. The highest BCUT2D eigenvalue weighted by molar-refractivity contribution is 5.70. The van der Waals surface area contributed by atoms with Gasteiger partial charge in [-0.3, -0.25) is 9.89 Å². The van der Waals surface area contributed by atoms with Crippen molar-refractivity contribution in [1.82, 2.24) is 15.4 Å². The maximum absolute atomic E-state index is 10.6. The first-order valence-corrected chi connectivity index (χ1v) is 3.89. The Balaban J connectivity index is 2.20. The van der Waals surface area contributed by atoms with Gasteiger partial charge in [0.2, 0.25) is 0 Å².